The third kappa shape index (κ3) is 4.72. The Morgan fingerprint density at radius 1 is 1.19 bits per heavy atom. The van der Waals surface area contributed by atoms with Gasteiger partial charge in [0.05, 0.1) is 27.8 Å². The van der Waals surface area contributed by atoms with Crippen molar-refractivity contribution < 1.29 is 9.59 Å². The number of hydrogen-bond donors (Lipinski definition) is 2. The lowest BCUT2D eigenvalue weighted by molar-refractivity contribution is -0.127. The van der Waals surface area contributed by atoms with Gasteiger partial charge in [0.2, 0.25) is 0 Å². The number of rotatable bonds is 5. The molecule has 12 heteroatoms. The molecule has 2 N–H and O–H groups in total. The van der Waals surface area contributed by atoms with Gasteiger partial charge in [0, 0.05) is 44.8 Å². The van der Waals surface area contributed by atoms with Crippen molar-refractivity contribution in [3.05, 3.63) is 71.3 Å². The first-order chi connectivity index (χ1) is 18.0. The number of fused-ring (bicyclic) bond motifs is 1. The average molecular weight is 514 g/mol. The molecule has 0 saturated carbocycles. The number of nitriles is 1. The summed E-state index contributed by atoms with van der Waals surface area (Å²) in [5.74, 6) is -0.646. The molecule has 0 bridgehead atoms. The molecule has 0 unspecified atom stereocenters. The molecule has 1 fully saturated rings. The zero-order valence-corrected chi connectivity index (χ0v) is 20.8. The molecule has 3 aromatic rings. The van der Waals surface area contributed by atoms with Crippen molar-refractivity contribution in [1.29, 1.82) is 10.7 Å². The summed E-state index contributed by atoms with van der Waals surface area (Å²) in [4.78, 5) is 35.2. The molecule has 0 aliphatic carbocycles. The number of hydrazine groups is 1. The van der Waals surface area contributed by atoms with Crippen LogP contribution in [0.15, 0.2) is 65.2 Å². The quantitative estimate of drug-likeness (QED) is 0.398. The molecule has 1 aromatic carbocycles. The Bertz CT molecular complexity index is 1450. The molecule has 37 heavy (non-hydrogen) atoms. The van der Waals surface area contributed by atoms with Crippen LogP contribution in [0.3, 0.4) is 0 Å². The van der Waals surface area contributed by atoms with Gasteiger partial charge in [0.25, 0.3) is 11.8 Å². The highest BCUT2D eigenvalue weighted by Crippen LogP contribution is 2.31. The van der Waals surface area contributed by atoms with E-state index < -0.39 is 0 Å². The molecule has 11 nitrogen and oxygen atoms in total. The monoisotopic (exact) mass is 513 g/mol. The van der Waals surface area contributed by atoms with Crippen LogP contribution in [0.25, 0.3) is 10.4 Å². The Labute approximate surface area is 217 Å². The van der Waals surface area contributed by atoms with Gasteiger partial charge in [-0.15, -0.1) is 0 Å². The molecular weight excluding hydrogens is 490 g/mol. The maximum atomic E-state index is 13.3. The van der Waals surface area contributed by atoms with E-state index in [1.54, 1.807) is 53.6 Å². The van der Waals surface area contributed by atoms with E-state index in [9.17, 15) is 9.59 Å². The predicted molar refractivity (Wildman–Crippen MR) is 140 cm³/mol. The molecular formula is C25H23N9O2S. The minimum atomic E-state index is -0.365. The highest BCUT2D eigenvalue weighted by atomic mass is 32.1. The predicted octanol–water partition coefficient (Wildman–Crippen LogP) is 2.51. The summed E-state index contributed by atoms with van der Waals surface area (Å²) in [5, 5.41) is 23.4. The van der Waals surface area contributed by atoms with E-state index in [1.165, 1.54) is 16.0 Å². The van der Waals surface area contributed by atoms with Crippen LogP contribution in [0.4, 0.5) is 5.13 Å². The second kappa shape index (κ2) is 10.1. The van der Waals surface area contributed by atoms with Gasteiger partial charge in [-0.1, -0.05) is 23.5 Å². The van der Waals surface area contributed by atoms with Crippen LogP contribution in [0.5, 0.6) is 0 Å². The van der Waals surface area contributed by atoms with Crippen molar-refractivity contribution in [1.82, 2.24) is 25.0 Å². The lowest BCUT2D eigenvalue weighted by Crippen LogP contribution is -2.50. The zero-order valence-electron chi connectivity index (χ0n) is 20.0. The van der Waals surface area contributed by atoms with Gasteiger partial charge < -0.3 is 15.2 Å². The number of hydrogen-bond acceptors (Lipinski definition) is 9. The number of carbonyl (C=O) groups is 2. The third-order valence-electron chi connectivity index (χ3n) is 6.23. The second-order valence-corrected chi connectivity index (χ2v) is 9.41. The summed E-state index contributed by atoms with van der Waals surface area (Å²) in [7, 11) is 0. The Balaban J connectivity index is 1.25. The lowest BCUT2D eigenvalue weighted by Gasteiger charge is -2.35. The number of nitrogens with zero attached hydrogens (tertiary/aromatic N) is 7. The van der Waals surface area contributed by atoms with Crippen molar-refractivity contribution in [2.75, 3.05) is 31.1 Å². The van der Waals surface area contributed by atoms with E-state index in [4.69, 9.17) is 10.7 Å². The minimum absolute atomic E-state index is 0.170. The molecule has 0 radical (unpaired) electrons. The normalized spacial score (nSPS) is 15.9. The number of benzene rings is 1. The summed E-state index contributed by atoms with van der Waals surface area (Å²) in [5.41, 5.74) is 5.27. The van der Waals surface area contributed by atoms with Gasteiger partial charge in [-0.25, -0.2) is 14.7 Å². The Morgan fingerprint density at radius 3 is 2.65 bits per heavy atom. The zero-order chi connectivity index (χ0) is 25.9. The van der Waals surface area contributed by atoms with Crippen molar-refractivity contribution in [3.63, 3.8) is 0 Å². The van der Waals surface area contributed by atoms with Crippen LogP contribution in [0.1, 0.15) is 23.0 Å². The number of anilines is 1. The second-order valence-electron chi connectivity index (χ2n) is 8.40. The van der Waals surface area contributed by atoms with Crippen LogP contribution < -0.4 is 10.3 Å². The maximum Gasteiger partial charge on any atom is 0.288 e. The first-order valence-electron chi connectivity index (χ1n) is 11.5. The van der Waals surface area contributed by atoms with Gasteiger partial charge in [-0.05, 0) is 36.8 Å². The first kappa shape index (κ1) is 24.0. The van der Waals surface area contributed by atoms with Crippen molar-refractivity contribution in [2.45, 2.75) is 6.92 Å². The molecule has 4 heterocycles. The molecule has 1 saturated heterocycles. The van der Waals surface area contributed by atoms with Crippen LogP contribution in [-0.4, -0.2) is 70.1 Å². The third-order valence-corrected chi connectivity index (χ3v) is 7.34. The Kier molecular flexibility index (Phi) is 6.53. The standard InChI is InChI=1S/C25H23N9O2S/c1-17(34-16-29-33-8-2-3-21(33)23(35)30-34)20(14-27)24(36)31-9-11-32(12-10-31)25-28-15-22(37-25)19-6-4-18(13-26)5-7-19/h2-8,14-16,27H,9-12H2,1H3,(H,30,35)/b20-17+,27-14?. The number of amides is 2. The number of thiazole rings is 1. The molecule has 5 rings (SSSR count). The highest BCUT2D eigenvalue weighted by Gasteiger charge is 2.27. The van der Waals surface area contributed by atoms with Gasteiger partial charge in [-0.3, -0.25) is 15.0 Å². The summed E-state index contributed by atoms with van der Waals surface area (Å²) < 4.78 is 1.44. The van der Waals surface area contributed by atoms with Gasteiger partial charge in [-0.2, -0.15) is 10.4 Å². The highest BCUT2D eigenvalue weighted by molar-refractivity contribution is 7.18. The van der Waals surface area contributed by atoms with E-state index in [2.05, 4.69) is 26.5 Å². The Morgan fingerprint density at radius 2 is 1.95 bits per heavy atom. The SMILES string of the molecule is C/C(=C(/C=N)C(=O)N1CCN(c2ncc(-c3ccc(C#N)cc3)s2)CC1)N1C=Nn2cccc2C(=O)N1. The maximum absolute atomic E-state index is 13.3. The first-order valence-corrected chi connectivity index (χ1v) is 12.3. The molecule has 0 spiro atoms. The van der Waals surface area contributed by atoms with Crippen molar-refractivity contribution in [2.24, 2.45) is 5.10 Å². The summed E-state index contributed by atoms with van der Waals surface area (Å²) in [6.45, 7) is 3.82. The molecule has 2 aliphatic heterocycles. The van der Waals surface area contributed by atoms with E-state index in [0.29, 0.717) is 43.1 Å². The fourth-order valence-electron chi connectivity index (χ4n) is 4.10. The number of aromatic nitrogens is 2. The summed E-state index contributed by atoms with van der Waals surface area (Å²) in [6, 6.07) is 12.9. The number of nitrogens with one attached hydrogen (secondary N) is 2. The largest absolute Gasteiger partial charge is 0.345 e. The summed E-state index contributed by atoms with van der Waals surface area (Å²) >= 11 is 1.57. The minimum Gasteiger partial charge on any atom is -0.345 e. The fourth-order valence-corrected chi connectivity index (χ4v) is 5.07. The smallest absolute Gasteiger partial charge is 0.288 e. The van der Waals surface area contributed by atoms with Crippen LogP contribution >= 0.6 is 11.3 Å². The van der Waals surface area contributed by atoms with Crippen molar-refractivity contribution >= 4 is 40.8 Å². The fraction of sp³-hybridized carbons (Fsp3) is 0.200. The molecule has 2 aromatic heterocycles. The topological polar surface area (TPSA) is 134 Å². The van der Waals surface area contributed by atoms with Gasteiger partial charge in [0.15, 0.2) is 5.13 Å². The average Bonchev–Trinajstić information content (AvgIpc) is 3.59. The van der Waals surface area contributed by atoms with Crippen LogP contribution in [-0.2, 0) is 4.79 Å². The van der Waals surface area contributed by atoms with Crippen LogP contribution in [0, 0.1) is 16.7 Å². The number of piperazine rings is 1. The Hall–Kier alpha value is -4.76. The van der Waals surface area contributed by atoms with Gasteiger partial charge >= 0.3 is 0 Å². The molecule has 0 atom stereocenters. The van der Waals surface area contributed by atoms with E-state index >= 15 is 0 Å². The van der Waals surface area contributed by atoms with E-state index in [1.807, 2.05) is 18.3 Å². The number of allylic oxidation sites excluding steroid dienone is 1. The molecule has 2 aliphatic rings. The van der Waals surface area contributed by atoms with Crippen LogP contribution in [0.2, 0.25) is 0 Å². The molecule has 2 amide bonds. The van der Waals surface area contributed by atoms with E-state index in [0.717, 1.165) is 21.8 Å². The lowest BCUT2D eigenvalue weighted by atomic mass is 10.1. The summed E-state index contributed by atoms with van der Waals surface area (Å²) in [6.07, 6.45) is 5.91. The molecule has 186 valence electrons. The van der Waals surface area contributed by atoms with Gasteiger partial charge in [0.1, 0.15) is 12.0 Å². The van der Waals surface area contributed by atoms with Crippen molar-refractivity contribution in [3.8, 4) is 16.5 Å². The van der Waals surface area contributed by atoms with E-state index in [-0.39, 0.29) is 17.4 Å². The number of carbonyl (C=O) groups excluding carboxylic acids is 2.